The largest absolute Gasteiger partial charge is 0.481 e. The number of nitrogens with one attached hydrogen (secondary N) is 1. The molecule has 1 fully saturated rings. The van der Waals surface area contributed by atoms with Gasteiger partial charge in [0.05, 0.1) is 18.4 Å². The second kappa shape index (κ2) is 7.94. The maximum atomic E-state index is 5.44. The van der Waals surface area contributed by atoms with Crippen molar-refractivity contribution in [2.24, 2.45) is 7.05 Å². The first kappa shape index (κ1) is 17.2. The van der Waals surface area contributed by atoms with Crippen molar-refractivity contribution >= 4 is 17.4 Å². The van der Waals surface area contributed by atoms with Gasteiger partial charge in [-0.15, -0.1) is 0 Å². The molecule has 1 aliphatic rings. The Morgan fingerprint density at radius 2 is 1.88 bits per heavy atom. The molecule has 2 aromatic rings. The number of thioether (sulfide) groups is 1. The fourth-order valence-corrected chi connectivity index (χ4v) is 4.02. The van der Waals surface area contributed by atoms with E-state index in [0.29, 0.717) is 0 Å². The number of hydrogen-bond donors (Lipinski definition) is 1. The highest BCUT2D eigenvalue weighted by molar-refractivity contribution is 7.99. The Hall–Kier alpha value is -1.66. The molecule has 3 rings (SSSR count). The third kappa shape index (κ3) is 3.87. The van der Waals surface area contributed by atoms with Crippen LogP contribution in [0.2, 0.25) is 0 Å². The Kier molecular flexibility index (Phi) is 5.68. The summed E-state index contributed by atoms with van der Waals surface area (Å²) in [6, 6.07) is 8.92. The van der Waals surface area contributed by atoms with Crippen LogP contribution >= 0.6 is 11.8 Å². The van der Waals surface area contributed by atoms with Gasteiger partial charge in [-0.05, 0) is 24.6 Å². The van der Waals surface area contributed by atoms with Crippen molar-refractivity contribution in [3.05, 3.63) is 41.1 Å². The van der Waals surface area contributed by atoms with E-state index in [1.54, 1.807) is 11.8 Å². The summed E-state index contributed by atoms with van der Waals surface area (Å²) < 4.78 is 7.23. The van der Waals surface area contributed by atoms with Crippen molar-refractivity contribution in [3.63, 3.8) is 0 Å². The summed E-state index contributed by atoms with van der Waals surface area (Å²) >= 11 is 2.04. The first-order chi connectivity index (χ1) is 11.7. The maximum Gasteiger partial charge on any atom is 0.216 e. The summed E-state index contributed by atoms with van der Waals surface area (Å²) in [5.41, 5.74) is 4.78. The number of rotatable bonds is 6. The Bertz CT molecular complexity index is 662. The minimum atomic E-state index is 0.758. The minimum absolute atomic E-state index is 0.758. The molecule has 24 heavy (non-hydrogen) atoms. The molecule has 1 aliphatic heterocycles. The molecule has 1 saturated heterocycles. The molecule has 6 heteroatoms. The van der Waals surface area contributed by atoms with Crippen LogP contribution in [0, 0.1) is 6.92 Å². The number of methoxy groups -OCH3 is 1. The number of hydrogen-bond acceptors (Lipinski definition) is 5. The van der Waals surface area contributed by atoms with Gasteiger partial charge in [-0.2, -0.15) is 16.9 Å². The van der Waals surface area contributed by atoms with Crippen molar-refractivity contribution < 1.29 is 4.74 Å². The van der Waals surface area contributed by atoms with E-state index in [4.69, 9.17) is 4.74 Å². The molecule has 1 aromatic carbocycles. The molecule has 1 aromatic heterocycles. The van der Waals surface area contributed by atoms with Crippen LogP contribution in [0.4, 0.5) is 5.69 Å². The van der Waals surface area contributed by atoms with Gasteiger partial charge in [0.25, 0.3) is 0 Å². The predicted molar refractivity (Wildman–Crippen MR) is 101 cm³/mol. The fourth-order valence-electron chi connectivity index (χ4n) is 3.12. The van der Waals surface area contributed by atoms with Gasteiger partial charge in [0.15, 0.2) is 0 Å². The molecule has 0 saturated carbocycles. The van der Waals surface area contributed by atoms with E-state index >= 15 is 0 Å². The smallest absolute Gasteiger partial charge is 0.216 e. The SMILES string of the molecule is COc1c(CNCc2ccc(N3CCSCC3)cc2)c(C)nn1C. The molecule has 0 atom stereocenters. The third-order valence-electron chi connectivity index (χ3n) is 4.43. The molecule has 130 valence electrons. The summed E-state index contributed by atoms with van der Waals surface area (Å²) in [4.78, 5) is 2.47. The van der Waals surface area contributed by atoms with E-state index in [1.165, 1.54) is 22.8 Å². The molecule has 0 aliphatic carbocycles. The van der Waals surface area contributed by atoms with Crippen LogP contribution in [0.15, 0.2) is 24.3 Å². The number of nitrogens with zero attached hydrogens (tertiary/aromatic N) is 3. The highest BCUT2D eigenvalue weighted by Gasteiger charge is 2.13. The molecule has 1 N–H and O–H groups in total. The first-order valence-corrected chi connectivity index (χ1v) is 9.53. The van der Waals surface area contributed by atoms with E-state index < -0.39 is 0 Å². The molecule has 0 unspecified atom stereocenters. The van der Waals surface area contributed by atoms with Gasteiger partial charge >= 0.3 is 0 Å². The standard InChI is InChI=1S/C18H26N4OS/c1-14-17(18(23-3)21(2)20-14)13-19-12-15-4-6-16(7-5-15)22-8-10-24-11-9-22/h4-7,19H,8-13H2,1-3H3. The van der Waals surface area contributed by atoms with E-state index in [9.17, 15) is 0 Å². The lowest BCUT2D eigenvalue weighted by atomic mass is 10.2. The number of ether oxygens (including phenoxy) is 1. The van der Waals surface area contributed by atoms with Crippen molar-refractivity contribution in [1.29, 1.82) is 0 Å². The average molecular weight is 347 g/mol. The number of anilines is 1. The van der Waals surface area contributed by atoms with Crippen LogP contribution < -0.4 is 15.0 Å². The van der Waals surface area contributed by atoms with Crippen molar-refractivity contribution in [3.8, 4) is 5.88 Å². The Balaban J connectivity index is 1.55. The summed E-state index contributed by atoms with van der Waals surface area (Å²) in [5.74, 6) is 3.30. The Morgan fingerprint density at radius 1 is 1.17 bits per heavy atom. The maximum absolute atomic E-state index is 5.44. The van der Waals surface area contributed by atoms with Crippen LogP contribution in [-0.2, 0) is 20.1 Å². The molecular weight excluding hydrogens is 320 g/mol. The van der Waals surface area contributed by atoms with E-state index in [1.807, 2.05) is 25.7 Å². The number of aromatic nitrogens is 2. The second-order valence-electron chi connectivity index (χ2n) is 6.07. The third-order valence-corrected chi connectivity index (χ3v) is 5.37. The van der Waals surface area contributed by atoms with Crippen molar-refractivity contribution in [2.75, 3.05) is 36.6 Å². The second-order valence-corrected chi connectivity index (χ2v) is 7.29. The first-order valence-electron chi connectivity index (χ1n) is 8.38. The van der Waals surface area contributed by atoms with Gasteiger partial charge in [-0.3, -0.25) is 0 Å². The van der Waals surface area contributed by atoms with Crippen molar-refractivity contribution in [1.82, 2.24) is 15.1 Å². The quantitative estimate of drug-likeness (QED) is 0.871. The van der Waals surface area contributed by atoms with Crippen LogP contribution in [0.25, 0.3) is 0 Å². The van der Waals surface area contributed by atoms with Crippen LogP contribution in [0.5, 0.6) is 5.88 Å². The lowest BCUT2D eigenvalue weighted by molar-refractivity contribution is 0.368. The predicted octanol–water partition coefficient (Wildman–Crippen LogP) is 2.58. The Labute approximate surface area is 148 Å². The zero-order valence-corrected chi connectivity index (χ0v) is 15.5. The molecule has 0 radical (unpaired) electrons. The molecule has 5 nitrogen and oxygen atoms in total. The molecule has 0 spiro atoms. The van der Waals surface area contributed by atoms with Gasteiger partial charge in [0, 0.05) is 50.4 Å². The monoisotopic (exact) mass is 346 g/mol. The van der Waals surface area contributed by atoms with Crippen LogP contribution in [0.1, 0.15) is 16.8 Å². The summed E-state index contributed by atoms with van der Waals surface area (Å²) in [7, 11) is 3.60. The summed E-state index contributed by atoms with van der Waals surface area (Å²) in [5, 5.41) is 7.91. The van der Waals surface area contributed by atoms with E-state index in [-0.39, 0.29) is 0 Å². The van der Waals surface area contributed by atoms with Crippen molar-refractivity contribution in [2.45, 2.75) is 20.0 Å². The van der Waals surface area contributed by atoms with Gasteiger partial charge in [0.1, 0.15) is 0 Å². The topological polar surface area (TPSA) is 42.3 Å². The number of benzene rings is 1. The molecule has 0 bridgehead atoms. The molecule has 2 heterocycles. The Morgan fingerprint density at radius 3 is 2.54 bits per heavy atom. The lowest BCUT2D eigenvalue weighted by Crippen LogP contribution is -2.32. The lowest BCUT2D eigenvalue weighted by Gasteiger charge is -2.28. The average Bonchev–Trinajstić information content (AvgIpc) is 2.89. The summed E-state index contributed by atoms with van der Waals surface area (Å²) in [6.07, 6.45) is 0. The van der Waals surface area contributed by atoms with E-state index in [0.717, 1.165) is 43.3 Å². The van der Waals surface area contributed by atoms with Gasteiger partial charge in [0.2, 0.25) is 5.88 Å². The zero-order valence-electron chi connectivity index (χ0n) is 14.7. The van der Waals surface area contributed by atoms with Gasteiger partial charge < -0.3 is 15.0 Å². The van der Waals surface area contributed by atoms with Crippen LogP contribution in [-0.4, -0.2) is 41.5 Å². The normalized spacial score (nSPS) is 14.9. The molecule has 0 amide bonds. The molecular formula is C18H26N4OS. The van der Waals surface area contributed by atoms with Gasteiger partial charge in [-0.25, -0.2) is 4.68 Å². The van der Waals surface area contributed by atoms with Crippen LogP contribution in [0.3, 0.4) is 0 Å². The van der Waals surface area contributed by atoms with E-state index in [2.05, 4.69) is 39.6 Å². The zero-order chi connectivity index (χ0) is 16.9. The fraction of sp³-hybridized carbons (Fsp3) is 0.500. The van der Waals surface area contributed by atoms with Gasteiger partial charge in [-0.1, -0.05) is 12.1 Å². The highest BCUT2D eigenvalue weighted by Crippen LogP contribution is 2.21. The summed E-state index contributed by atoms with van der Waals surface area (Å²) in [6.45, 7) is 5.93. The number of aryl methyl sites for hydroxylation is 2. The highest BCUT2D eigenvalue weighted by atomic mass is 32.2. The minimum Gasteiger partial charge on any atom is -0.481 e.